The van der Waals surface area contributed by atoms with Crippen molar-refractivity contribution in [2.75, 3.05) is 53.1 Å². The first kappa shape index (κ1) is 23.1. The molecule has 1 fully saturated rings. The van der Waals surface area contributed by atoms with Crippen LogP contribution in [0.3, 0.4) is 0 Å². The van der Waals surface area contributed by atoms with Crippen LogP contribution in [0.4, 0.5) is 19.2 Å². The monoisotopic (exact) mass is 404 g/mol. The first-order valence-electron chi connectivity index (χ1n) is 9.04. The molecule has 1 aliphatic heterocycles. The fourth-order valence-electron chi connectivity index (χ4n) is 2.32. The molecule has 0 aromatic heterocycles. The second-order valence-electron chi connectivity index (χ2n) is 5.52. The van der Waals surface area contributed by atoms with Crippen molar-refractivity contribution < 1.29 is 38.1 Å². The van der Waals surface area contributed by atoms with Crippen molar-refractivity contribution in [3.63, 3.8) is 0 Å². The fraction of sp³-hybridized carbons (Fsp3) is 0.750. The van der Waals surface area contributed by atoms with E-state index >= 15 is 0 Å². The molecule has 0 aliphatic carbocycles. The van der Waals surface area contributed by atoms with Crippen molar-refractivity contribution in [1.82, 2.24) is 19.6 Å². The Morgan fingerprint density at radius 3 is 0.821 bits per heavy atom. The molecule has 0 atom stereocenters. The lowest BCUT2D eigenvalue weighted by Crippen LogP contribution is -2.59. The van der Waals surface area contributed by atoms with Crippen LogP contribution in [0.15, 0.2) is 0 Å². The summed E-state index contributed by atoms with van der Waals surface area (Å²) in [4.78, 5) is 53.7. The summed E-state index contributed by atoms with van der Waals surface area (Å²) in [6, 6.07) is 0. The van der Waals surface area contributed by atoms with E-state index in [4.69, 9.17) is 18.9 Å². The quantitative estimate of drug-likeness (QED) is 0.649. The maximum absolute atomic E-state index is 12.3. The highest BCUT2D eigenvalue weighted by Gasteiger charge is 2.34. The van der Waals surface area contributed by atoms with Crippen LogP contribution in [-0.4, -0.2) is 97.1 Å². The Balaban J connectivity index is 3.15. The molecular formula is C16H28N4O8. The average Bonchev–Trinajstić information content (AvgIpc) is 2.62. The molecule has 160 valence electrons. The second-order valence-corrected chi connectivity index (χ2v) is 5.52. The van der Waals surface area contributed by atoms with Crippen LogP contribution >= 0.6 is 0 Å². The summed E-state index contributed by atoms with van der Waals surface area (Å²) in [5, 5.41) is 0. The summed E-state index contributed by atoms with van der Waals surface area (Å²) in [5.41, 5.74) is 0. The fourth-order valence-corrected chi connectivity index (χ4v) is 2.32. The van der Waals surface area contributed by atoms with Crippen LogP contribution in [0.25, 0.3) is 0 Å². The van der Waals surface area contributed by atoms with Crippen LogP contribution in [0.1, 0.15) is 27.7 Å². The summed E-state index contributed by atoms with van der Waals surface area (Å²) >= 11 is 0. The molecule has 0 spiro atoms. The molecule has 28 heavy (non-hydrogen) atoms. The standard InChI is InChI=1S/C16H28N4O8/c1-5-25-13(21)17-9-18(14(22)26-6-2)11-20(16(24)28-8-4)12-19(10-17)15(23)27-7-3/h5-12H2,1-4H3. The number of rotatable bonds is 4. The SMILES string of the molecule is CCOC(=O)N1CN(C(=O)OCC)CN(C(=O)OCC)CN(C(=O)OCC)C1. The molecule has 0 bridgehead atoms. The molecule has 1 saturated heterocycles. The van der Waals surface area contributed by atoms with Crippen LogP contribution in [0, 0.1) is 0 Å². The predicted octanol–water partition coefficient (Wildman–Crippen LogP) is 1.66. The van der Waals surface area contributed by atoms with Gasteiger partial charge in [-0.15, -0.1) is 0 Å². The number of carbonyl (C=O) groups is 4. The summed E-state index contributed by atoms with van der Waals surface area (Å²) in [6.45, 7) is 5.96. The van der Waals surface area contributed by atoms with E-state index in [1.54, 1.807) is 27.7 Å². The third kappa shape index (κ3) is 6.67. The van der Waals surface area contributed by atoms with Crippen LogP contribution < -0.4 is 0 Å². The zero-order valence-electron chi connectivity index (χ0n) is 16.7. The number of hydrogen-bond acceptors (Lipinski definition) is 8. The van der Waals surface area contributed by atoms with Crippen LogP contribution in [-0.2, 0) is 18.9 Å². The Bertz CT molecular complexity index is 455. The van der Waals surface area contributed by atoms with Gasteiger partial charge >= 0.3 is 24.4 Å². The highest BCUT2D eigenvalue weighted by Crippen LogP contribution is 2.12. The minimum Gasteiger partial charge on any atom is -0.450 e. The van der Waals surface area contributed by atoms with Gasteiger partial charge in [0.1, 0.15) is 26.7 Å². The highest BCUT2D eigenvalue weighted by atomic mass is 16.6. The zero-order valence-corrected chi connectivity index (χ0v) is 16.7. The Morgan fingerprint density at radius 1 is 0.500 bits per heavy atom. The molecule has 1 heterocycles. The van der Waals surface area contributed by atoms with Gasteiger partial charge in [0.25, 0.3) is 0 Å². The van der Waals surface area contributed by atoms with Gasteiger partial charge in [-0.25, -0.2) is 19.2 Å². The predicted molar refractivity (Wildman–Crippen MR) is 94.9 cm³/mol. The molecule has 0 aromatic rings. The Morgan fingerprint density at radius 2 is 0.679 bits per heavy atom. The van der Waals surface area contributed by atoms with Crippen molar-refractivity contribution in [2.24, 2.45) is 0 Å². The molecule has 0 saturated carbocycles. The van der Waals surface area contributed by atoms with Gasteiger partial charge in [-0.05, 0) is 27.7 Å². The first-order chi connectivity index (χ1) is 13.4. The van der Waals surface area contributed by atoms with Crippen LogP contribution in [0.5, 0.6) is 0 Å². The van der Waals surface area contributed by atoms with E-state index in [-0.39, 0.29) is 53.1 Å². The Kier molecular flexibility index (Phi) is 9.68. The van der Waals surface area contributed by atoms with E-state index in [0.717, 1.165) is 19.6 Å². The summed E-state index contributed by atoms with van der Waals surface area (Å²) in [5.74, 6) is 0. The van der Waals surface area contributed by atoms with E-state index in [0.29, 0.717) is 0 Å². The molecule has 0 N–H and O–H groups in total. The van der Waals surface area contributed by atoms with Crippen molar-refractivity contribution in [3.05, 3.63) is 0 Å². The van der Waals surface area contributed by atoms with E-state index < -0.39 is 24.4 Å². The lowest BCUT2D eigenvalue weighted by Gasteiger charge is -2.40. The minimum absolute atomic E-state index is 0.114. The van der Waals surface area contributed by atoms with Crippen LogP contribution in [0.2, 0.25) is 0 Å². The Labute approximate surface area is 163 Å². The molecule has 12 nitrogen and oxygen atoms in total. The smallest absolute Gasteiger partial charge is 0.412 e. The number of nitrogens with zero attached hydrogens (tertiary/aromatic N) is 4. The Hall–Kier alpha value is -2.92. The molecule has 0 aromatic carbocycles. The molecule has 4 amide bonds. The summed E-state index contributed by atoms with van der Waals surface area (Å²) in [6.07, 6.45) is -2.90. The summed E-state index contributed by atoms with van der Waals surface area (Å²) < 4.78 is 20.0. The van der Waals surface area contributed by atoms with Crippen molar-refractivity contribution in [1.29, 1.82) is 0 Å². The number of hydrogen-bond donors (Lipinski definition) is 0. The van der Waals surface area contributed by atoms with Gasteiger partial charge in [-0.3, -0.25) is 19.6 Å². The van der Waals surface area contributed by atoms with Crippen molar-refractivity contribution >= 4 is 24.4 Å². The van der Waals surface area contributed by atoms with Gasteiger partial charge in [0.2, 0.25) is 0 Å². The zero-order chi connectivity index (χ0) is 21.1. The molecule has 12 heteroatoms. The first-order valence-corrected chi connectivity index (χ1v) is 9.04. The molecule has 0 radical (unpaired) electrons. The third-order valence-corrected chi connectivity index (χ3v) is 3.47. The van der Waals surface area contributed by atoms with E-state index in [1.807, 2.05) is 0 Å². The summed E-state index contributed by atoms with van der Waals surface area (Å²) in [7, 11) is 0. The lowest BCUT2D eigenvalue weighted by molar-refractivity contribution is -0.0213. The third-order valence-electron chi connectivity index (χ3n) is 3.47. The number of amides is 4. The maximum Gasteiger partial charge on any atom is 0.412 e. The highest BCUT2D eigenvalue weighted by molar-refractivity contribution is 5.74. The van der Waals surface area contributed by atoms with Gasteiger partial charge in [0.15, 0.2) is 0 Å². The normalized spacial score (nSPS) is 14.7. The minimum atomic E-state index is -0.726. The van der Waals surface area contributed by atoms with Crippen molar-refractivity contribution in [2.45, 2.75) is 27.7 Å². The topological polar surface area (TPSA) is 118 Å². The van der Waals surface area contributed by atoms with Gasteiger partial charge in [0.05, 0.1) is 26.4 Å². The number of carbonyl (C=O) groups excluding carboxylic acids is 4. The molecular weight excluding hydrogens is 376 g/mol. The van der Waals surface area contributed by atoms with E-state index in [1.165, 1.54) is 0 Å². The van der Waals surface area contributed by atoms with Gasteiger partial charge < -0.3 is 18.9 Å². The van der Waals surface area contributed by atoms with Gasteiger partial charge in [-0.2, -0.15) is 0 Å². The van der Waals surface area contributed by atoms with Gasteiger partial charge in [-0.1, -0.05) is 0 Å². The second kappa shape index (κ2) is 11.7. The molecule has 0 unspecified atom stereocenters. The van der Waals surface area contributed by atoms with Gasteiger partial charge in [0, 0.05) is 0 Å². The van der Waals surface area contributed by atoms with E-state index in [2.05, 4.69) is 0 Å². The largest absolute Gasteiger partial charge is 0.450 e. The lowest BCUT2D eigenvalue weighted by atomic mass is 10.5. The number of ether oxygens (including phenoxy) is 4. The molecule has 1 rings (SSSR count). The van der Waals surface area contributed by atoms with E-state index in [9.17, 15) is 19.2 Å². The van der Waals surface area contributed by atoms with Crippen molar-refractivity contribution in [3.8, 4) is 0 Å². The molecule has 1 aliphatic rings. The maximum atomic E-state index is 12.3. The average molecular weight is 404 g/mol.